The fourth-order valence-electron chi connectivity index (χ4n) is 2.18. The van der Waals surface area contributed by atoms with E-state index in [0.717, 1.165) is 5.56 Å². The van der Waals surface area contributed by atoms with Crippen LogP contribution in [0.25, 0.3) is 0 Å². The number of ether oxygens (including phenoxy) is 2. The van der Waals surface area contributed by atoms with Gasteiger partial charge in [0.05, 0.1) is 0 Å². The molecule has 1 aromatic heterocycles. The molecule has 124 valence electrons. The van der Waals surface area contributed by atoms with E-state index >= 15 is 0 Å². The second kappa shape index (κ2) is 8.03. The number of nitrogens with zero attached hydrogens (tertiary/aromatic N) is 2. The number of anilines is 1. The largest absolute Gasteiger partial charge is 0.484 e. The lowest BCUT2D eigenvalue weighted by Gasteiger charge is -2.12. The molecule has 0 aliphatic rings. The predicted octanol–water partition coefficient (Wildman–Crippen LogP) is 3.13. The minimum Gasteiger partial charge on any atom is -0.484 e. The molecule has 0 radical (unpaired) electrons. The number of amides is 1. The zero-order valence-electron chi connectivity index (χ0n) is 13.8. The Morgan fingerprint density at radius 3 is 2.78 bits per heavy atom. The summed E-state index contributed by atoms with van der Waals surface area (Å²) in [7, 11) is 1.58. The normalized spacial score (nSPS) is 10.8. The van der Waals surface area contributed by atoms with Gasteiger partial charge < -0.3 is 9.47 Å². The average molecular weight is 335 g/mol. The Hall–Kier alpha value is -1.99. The molecule has 6 nitrogen and oxygen atoms in total. The number of methoxy groups -OCH3 is 1. The van der Waals surface area contributed by atoms with Crippen molar-refractivity contribution in [2.75, 3.05) is 19.0 Å². The number of hydrogen-bond acceptors (Lipinski definition) is 6. The number of hydrogen-bond donors (Lipinski definition) is 1. The third-order valence-electron chi connectivity index (χ3n) is 3.21. The molecule has 0 saturated heterocycles. The molecule has 0 aliphatic heterocycles. The molecule has 1 aromatic carbocycles. The minimum absolute atomic E-state index is 0.0698. The van der Waals surface area contributed by atoms with Gasteiger partial charge >= 0.3 is 0 Å². The lowest BCUT2D eigenvalue weighted by Crippen LogP contribution is -2.20. The van der Waals surface area contributed by atoms with Gasteiger partial charge in [-0.25, -0.2) is 0 Å². The van der Waals surface area contributed by atoms with Crippen LogP contribution in [-0.4, -0.2) is 29.8 Å². The number of carbonyl (C=O) groups is 1. The lowest BCUT2D eigenvalue weighted by atomic mass is 9.98. The highest BCUT2D eigenvalue weighted by Gasteiger charge is 2.10. The third kappa shape index (κ3) is 5.01. The molecule has 1 heterocycles. The van der Waals surface area contributed by atoms with Crippen LogP contribution in [-0.2, 0) is 16.1 Å². The number of aryl methyl sites for hydroxylation is 1. The van der Waals surface area contributed by atoms with Crippen LogP contribution in [0.1, 0.15) is 35.9 Å². The molecule has 0 aliphatic carbocycles. The van der Waals surface area contributed by atoms with Crippen LogP contribution in [0.2, 0.25) is 0 Å². The maximum Gasteiger partial charge on any atom is 0.264 e. The molecule has 0 fully saturated rings. The van der Waals surface area contributed by atoms with E-state index in [1.54, 1.807) is 7.11 Å². The van der Waals surface area contributed by atoms with Crippen LogP contribution >= 0.6 is 11.3 Å². The van der Waals surface area contributed by atoms with Gasteiger partial charge in [-0.15, -0.1) is 10.2 Å². The number of nitrogens with one attached hydrogen (secondary N) is 1. The van der Waals surface area contributed by atoms with Gasteiger partial charge in [-0.2, -0.15) is 0 Å². The van der Waals surface area contributed by atoms with E-state index in [1.807, 2.05) is 25.1 Å². The number of rotatable bonds is 7. The first-order valence-electron chi connectivity index (χ1n) is 7.34. The first kappa shape index (κ1) is 17.4. The van der Waals surface area contributed by atoms with Crippen molar-refractivity contribution < 1.29 is 14.3 Å². The van der Waals surface area contributed by atoms with Crippen molar-refractivity contribution in [3.8, 4) is 5.75 Å². The molecule has 0 unspecified atom stereocenters. The zero-order valence-corrected chi connectivity index (χ0v) is 14.6. The fraction of sp³-hybridized carbons (Fsp3) is 0.438. The Morgan fingerprint density at radius 2 is 2.13 bits per heavy atom. The highest BCUT2D eigenvalue weighted by Crippen LogP contribution is 2.23. The van der Waals surface area contributed by atoms with Crippen molar-refractivity contribution in [1.29, 1.82) is 0 Å². The van der Waals surface area contributed by atoms with Gasteiger partial charge in [-0.05, 0) is 36.1 Å². The highest BCUT2D eigenvalue weighted by molar-refractivity contribution is 7.15. The molecule has 0 spiro atoms. The fourth-order valence-corrected chi connectivity index (χ4v) is 2.90. The summed E-state index contributed by atoms with van der Waals surface area (Å²) in [5.41, 5.74) is 2.44. The zero-order chi connectivity index (χ0) is 16.8. The smallest absolute Gasteiger partial charge is 0.264 e. The molecule has 2 aromatic rings. The lowest BCUT2D eigenvalue weighted by molar-refractivity contribution is -0.118. The molecule has 0 atom stereocenters. The van der Waals surface area contributed by atoms with E-state index in [-0.39, 0.29) is 12.5 Å². The van der Waals surface area contributed by atoms with Crippen LogP contribution < -0.4 is 10.1 Å². The number of aromatic nitrogens is 2. The van der Waals surface area contributed by atoms with Crippen molar-refractivity contribution in [3.63, 3.8) is 0 Å². The Bertz CT molecular complexity index is 670. The van der Waals surface area contributed by atoms with E-state index in [9.17, 15) is 4.79 Å². The van der Waals surface area contributed by atoms with E-state index in [0.29, 0.717) is 28.4 Å². The summed E-state index contributed by atoms with van der Waals surface area (Å²) in [6.45, 7) is 6.65. The van der Waals surface area contributed by atoms with Crippen molar-refractivity contribution in [2.45, 2.75) is 33.3 Å². The summed E-state index contributed by atoms with van der Waals surface area (Å²) in [4.78, 5) is 11.9. The summed E-state index contributed by atoms with van der Waals surface area (Å²) in [5.74, 6) is 0.876. The monoisotopic (exact) mass is 335 g/mol. The van der Waals surface area contributed by atoms with Crippen molar-refractivity contribution in [2.24, 2.45) is 0 Å². The van der Waals surface area contributed by atoms with E-state index in [4.69, 9.17) is 9.47 Å². The molecule has 1 amide bonds. The van der Waals surface area contributed by atoms with Crippen molar-refractivity contribution in [3.05, 3.63) is 34.3 Å². The molecule has 7 heteroatoms. The molecular formula is C16H21N3O3S. The molecule has 0 saturated carbocycles. The van der Waals surface area contributed by atoms with Gasteiger partial charge in [0.25, 0.3) is 5.91 Å². The summed E-state index contributed by atoms with van der Waals surface area (Å²) < 4.78 is 10.5. The van der Waals surface area contributed by atoms with Gasteiger partial charge in [-0.1, -0.05) is 31.3 Å². The molecule has 2 rings (SSSR count). The Kier molecular flexibility index (Phi) is 6.06. The molecule has 23 heavy (non-hydrogen) atoms. The van der Waals surface area contributed by atoms with E-state index in [1.165, 1.54) is 16.9 Å². The van der Waals surface area contributed by atoms with Crippen LogP contribution in [0.3, 0.4) is 0 Å². The SMILES string of the molecule is COCc1nnc(NC(=O)COc2ccc(C(C)C)c(C)c2)s1. The van der Waals surface area contributed by atoms with Gasteiger partial charge in [0.2, 0.25) is 5.13 Å². The Labute approximate surface area is 139 Å². The second-order valence-electron chi connectivity index (χ2n) is 5.44. The van der Waals surface area contributed by atoms with Crippen LogP contribution in [0, 0.1) is 6.92 Å². The van der Waals surface area contributed by atoms with Gasteiger partial charge in [0, 0.05) is 7.11 Å². The van der Waals surface area contributed by atoms with Crippen LogP contribution in [0.5, 0.6) is 5.75 Å². The predicted molar refractivity (Wildman–Crippen MR) is 90.0 cm³/mol. The van der Waals surface area contributed by atoms with E-state index in [2.05, 4.69) is 29.4 Å². The first-order chi connectivity index (χ1) is 11.0. The maximum atomic E-state index is 11.9. The van der Waals surface area contributed by atoms with Crippen LogP contribution in [0.4, 0.5) is 5.13 Å². The second-order valence-corrected chi connectivity index (χ2v) is 6.51. The standard InChI is InChI=1S/C16H21N3O3S/c1-10(2)13-6-5-12(7-11(13)3)22-8-14(20)17-16-19-18-15(23-16)9-21-4/h5-7,10H,8-9H2,1-4H3,(H,17,19,20). The summed E-state index contributed by atoms with van der Waals surface area (Å²) in [6.07, 6.45) is 0. The van der Waals surface area contributed by atoms with Gasteiger partial charge in [0.1, 0.15) is 17.4 Å². The summed E-state index contributed by atoms with van der Waals surface area (Å²) in [5, 5.41) is 11.6. The maximum absolute atomic E-state index is 11.9. The van der Waals surface area contributed by atoms with E-state index < -0.39 is 0 Å². The molecule has 0 bridgehead atoms. The van der Waals surface area contributed by atoms with Gasteiger partial charge in [0.15, 0.2) is 6.61 Å². The quantitative estimate of drug-likeness (QED) is 0.841. The molecule has 1 N–H and O–H groups in total. The average Bonchev–Trinajstić information content (AvgIpc) is 2.92. The Morgan fingerprint density at radius 1 is 1.35 bits per heavy atom. The van der Waals surface area contributed by atoms with Crippen molar-refractivity contribution in [1.82, 2.24) is 10.2 Å². The Balaban J connectivity index is 1.87. The minimum atomic E-state index is -0.268. The summed E-state index contributed by atoms with van der Waals surface area (Å²) >= 11 is 1.28. The highest BCUT2D eigenvalue weighted by atomic mass is 32.1. The molecular weight excluding hydrogens is 314 g/mol. The van der Waals surface area contributed by atoms with Gasteiger partial charge in [-0.3, -0.25) is 10.1 Å². The first-order valence-corrected chi connectivity index (χ1v) is 8.15. The number of carbonyl (C=O) groups excluding carboxylic acids is 1. The van der Waals surface area contributed by atoms with Crippen molar-refractivity contribution >= 4 is 22.4 Å². The van der Waals surface area contributed by atoms with Crippen LogP contribution in [0.15, 0.2) is 18.2 Å². The summed E-state index contributed by atoms with van der Waals surface area (Å²) in [6, 6.07) is 5.87. The number of benzene rings is 1. The topological polar surface area (TPSA) is 73.3 Å². The third-order valence-corrected chi connectivity index (χ3v) is 4.03.